The summed E-state index contributed by atoms with van der Waals surface area (Å²) in [5.41, 5.74) is 4.43. The van der Waals surface area contributed by atoms with Crippen LogP contribution in [0.1, 0.15) is 32.6 Å². The number of thiophene rings is 1. The van der Waals surface area contributed by atoms with Gasteiger partial charge in [0.05, 0.1) is 4.88 Å². The van der Waals surface area contributed by atoms with Gasteiger partial charge in [-0.3, -0.25) is 10.2 Å². The summed E-state index contributed by atoms with van der Waals surface area (Å²) in [6.45, 7) is 4.54. The Labute approximate surface area is 122 Å². The molecule has 106 valence electrons. The molecule has 1 aromatic heterocycles. The van der Waals surface area contributed by atoms with Gasteiger partial charge in [0.2, 0.25) is 0 Å². The third-order valence-electron chi connectivity index (χ3n) is 3.10. The van der Waals surface area contributed by atoms with Gasteiger partial charge >= 0.3 is 0 Å². The Kier molecular flexibility index (Phi) is 4.76. The number of carbonyl (C=O) groups excluding carboxylic acids is 1. The average Bonchev–Trinajstić information content (AvgIpc) is 2.86. The molecule has 0 bridgehead atoms. The molecule has 20 heavy (non-hydrogen) atoms. The van der Waals surface area contributed by atoms with E-state index >= 15 is 0 Å². The second-order valence-electron chi connectivity index (χ2n) is 4.45. The SMILES string of the molecule is CCc1ccc(OCc2cc(C(=O)NN)sc2C)cc1. The first-order chi connectivity index (χ1) is 9.63. The van der Waals surface area contributed by atoms with E-state index in [1.165, 1.54) is 16.9 Å². The number of nitrogens with one attached hydrogen (secondary N) is 1. The first-order valence-corrected chi connectivity index (χ1v) is 7.27. The zero-order valence-electron chi connectivity index (χ0n) is 11.6. The van der Waals surface area contributed by atoms with Gasteiger partial charge in [-0.1, -0.05) is 19.1 Å². The lowest BCUT2D eigenvalue weighted by molar-refractivity contribution is 0.0957. The first kappa shape index (κ1) is 14.6. The van der Waals surface area contributed by atoms with E-state index in [4.69, 9.17) is 10.6 Å². The fourth-order valence-electron chi connectivity index (χ4n) is 1.83. The van der Waals surface area contributed by atoms with E-state index in [-0.39, 0.29) is 5.91 Å². The molecule has 1 aromatic carbocycles. The maximum absolute atomic E-state index is 11.5. The predicted octanol–water partition coefficient (Wildman–Crippen LogP) is 2.80. The fourth-order valence-corrected chi connectivity index (χ4v) is 2.76. The van der Waals surface area contributed by atoms with Gasteiger partial charge in [0.25, 0.3) is 5.91 Å². The smallest absolute Gasteiger partial charge is 0.275 e. The van der Waals surface area contributed by atoms with Gasteiger partial charge in [-0.15, -0.1) is 11.3 Å². The summed E-state index contributed by atoms with van der Waals surface area (Å²) in [4.78, 5) is 13.1. The van der Waals surface area contributed by atoms with Crippen molar-refractivity contribution in [2.45, 2.75) is 26.9 Å². The summed E-state index contributed by atoms with van der Waals surface area (Å²) in [7, 11) is 0. The molecule has 3 N–H and O–H groups in total. The van der Waals surface area contributed by atoms with Crippen LogP contribution in [-0.2, 0) is 13.0 Å². The first-order valence-electron chi connectivity index (χ1n) is 6.46. The molecule has 2 aromatic rings. The highest BCUT2D eigenvalue weighted by Gasteiger charge is 2.11. The van der Waals surface area contributed by atoms with E-state index in [1.807, 2.05) is 25.1 Å². The van der Waals surface area contributed by atoms with Crippen LogP contribution < -0.4 is 16.0 Å². The van der Waals surface area contributed by atoms with Crippen molar-refractivity contribution in [3.8, 4) is 5.75 Å². The molecule has 0 spiro atoms. The Hall–Kier alpha value is -1.85. The van der Waals surface area contributed by atoms with Crippen molar-refractivity contribution in [3.05, 3.63) is 51.2 Å². The summed E-state index contributed by atoms with van der Waals surface area (Å²) in [5.74, 6) is 5.70. The molecule has 0 aliphatic rings. The van der Waals surface area contributed by atoms with Gasteiger partial charge in [0, 0.05) is 10.4 Å². The maximum atomic E-state index is 11.5. The zero-order valence-corrected chi connectivity index (χ0v) is 12.4. The summed E-state index contributed by atoms with van der Waals surface area (Å²) in [6.07, 6.45) is 1.02. The van der Waals surface area contributed by atoms with Crippen molar-refractivity contribution >= 4 is 17.2 Å². The van der Waals surface area contributed by atoms with Crippen molar-refractivity contribution in [2.75, 3.05) is 0 Å². The standard InChI is InChI=1S/C15H18N2O2S/c1-3-11-4-6-13(7-5-11)19-9-12-8-14(15(18)17-16)20-10(12)2/h4-8H,3,9,16H2,1-2H3,(H,17,18). The normalized spacial score (nSPS) is 10.3. The number of amides is 1. The molecule has 0 atom stereocenters. The molecule has 5 heteroatoms. The maximum Gasteiger partial charge on any atom is 0.275 e. The number of hydrogen-bond acceptors (Lipinski definition) is 4. The minimum absolute atomic E-state index is 0.267. The second-order valence-corrected chi connectivity index (χ2v) is 5.71. The van der Waals surface area contributed by atoms with E-state index in [0.29, 0.717) is 11.5 Å². The van der Waals surface area contributed by atoms with Crippen molar-refractivity contribution in [2.24, 2.45) is 5.84 Å². The molecule has 0 radical (unpaired) electrons. The molecule has 1 heterocycles. The number of aryl methyl sites for hydroxylation is 2. The molecule has 0 unspecified atom stereocenters. The lowest BCUT2D eigenvalue weighted by Crippen LogP contribution is -2.29. The van der Waals surface area contributed by atoms with E-state index < -0.39 is 0 Å². The van der Waals surface area contributed by atoms with E-state index in [2.05, 4.69) is 24.5 Å². The highest BCUT2D eigenvalue weighted by Crippen LogP contribution is 2.23. The van der Waals surface area contributed by atoms with Crippen LogP contribution in [-0.4, -0.2) is 5.91 Å². The molecule has 0 saturated heterocycles. The monoisotopic (exact) mass is 290 g/mol. The minimum atomic E-state index is -0.267. The number of rotatable bonds is 5. The number of carbonyl (C=O) groups is 1. The van der Waals surface area contributed by atoms with Crippen LogP contribution in [0.15, 0.2) is 30.3 Å². The van der Waals surface area contributed by atoms with Crippen molar-refractivity contribution < 1.29 is 9.53 Å². The molecule has 1 amide bonds. The minimum Gasteiger partial charge on any atom is -0.489 e. The second kappa shape index (κ2) is 6.54. The Bertz CT molecular complexity index is 590. The van der Waals surface area contributed by atoms with Gasteiger partial charge < -0.3 is 4.74 Å². The van der Waals surface area contributed by atoms with E-state index in [0.717, 1.165) is 22.6 Å². The predicted molar refractivity (Wildman–Crippen MR) is 80.9 cm³/mol. The highest BCUT2D eigenvalue weighted by atomic mass is 32.1. The summed E-state index contributed by atoms with van der Waals surface area (Å²) in [5, 5.41) is 0. The van der Waals surface area contributed by atoms with Gasteiger partial charge in [0.15, 0.2) is 0 Å². The number of benzene rings is 1. The lowest BCUT2D eigenvalue weighted by Gasteiger charge is -2.06. The van der Waals surface area contributed by atoms with Gasteiger partial charge in [-0.2, -0.15) is 0 Å². The molecule has 4 nitrogen and oxygen atoms in total. The lowest BCUT2D eigenvalue weighted by atomic mass is 10.2. The van der Waals surface area contributed by atoms with E-state index in [9.17, 15) is 4.79 Å². The molecule has 0 aliphatic heterocycles. The number of hydrogen-bond donors (Lipinski definition) is 2. The van der Waals surface area contributed by atoms with Crippen LogP contribution in [0.4, 0.5) is 0 Å². The molecule has 0 saturated carbocycles. The van der Waals surface area contributed by atoms with Crippen molar-refractivity contribution in [3.63, 3.8) is 0 Å². The van der Waals surface area contributed by atoms with Crippen LogP contribution in [0.5, 0.6) is 5.75 Å². The Morgan fingerprint density at radius 2 is 2.05 bits per heavy atom. The van der Waals surface area contributed by atoms with Crippen LogP contribution >= 0.6 is 11.3 Å². The molecular formula is C15H18N2O2S. The van der Waals surface area contributed by atoms with Crippen LogP contribution in [0.25, 0.3) is 0 Å². The van der Waals surface area contributed by atoms with Crippen molar-refractivity contribution in [1.29, 1.82) is 0 Å². The quantitative estimate of drug-likeness (QED) is 0.505. The summed E-state index contributed by atoms with van der Waals surface area (Å²) >= 11 is 1.42. The molecular weight excluding hydrogens is 272 g/mol. The zero-order chi connectivity index (χ0) is 14.5. The topological polar surface area (TPSA) is 64.3 Å². The van der Waals surface area contributed by atoms with Gasteiger partial charge in [0.1, 0.15) is 12.4 Å². The number of ether oxygens (including phenoxy) is 1. The average molecular weight is 290 g/mol. The molecule has 0 fully saturated rings. The van der Waals surface area contributed by atoms with Crippen LogP contribution in [0, 0.1) is 6.92 Å². The van der Waals surface area contributed by atoms with Gasteiger partial charge in [-0.05, 0) is 37.1 Å². The van der Waals surface area contributed by atoms with E-state index in [1.54, 1.807) is 0 Å². The number of hydrazine groups is 1. The summed E-state index contributed by atoms with van der Waals surface area (Å²) < 4.78 is 5.74. The fraction of sp³-hybridized carbons (Fsp3) is 0.267. The Balaban J connectivity index is 2.02. The third kappa shape index (κ3) is 3.37. The third-order valence-corrected chi connectivity index (χ3v) is 4.19. The van der Waals surface area contributed by atoms with Crippen molar-refractivity contribution in [1.82, 2.24) is 5.43 Å². The number of nitrogen functional groups attached to an aromatic ring is 1. The Morgan fingerprint density at radius 1 is 1.35 bits per heavy atom. The summed E-state index contributed by atoms with van der Waals surface area (Å²) in [6, 6.07) is 9.87. The van der Waals surface area contributed by atoms with Gasteiger partial charge in [-0.25, -0.2) is 5.84 Å². The highest BCUT2D eigenvalue weighted by molar-refractivity contribution is 7.14. The number of nitrogens with two attached hydrogens (primary N) is 1. The molecule has 0 aliphatic carbocycles. The van der Waals surface area contributed by atoms with Crippen LogP contribution in [0.2, 0.25) is 0 Å². The van der Waals surface area contributed by atoms with Crippen LogP contribution in [0.3, 0.4) is 0 Å². The largest absolute Gasteiger partial charge is 0.489 e. The molecule has 2 rings (SSSR count). The Morgan fingerprint density at radius 3 is 2.65 bits per heavy atom.